The Balaban J connectivity index is 3.57. The van der Waals surface area contributed by atoms with Crippen molar-refractivity contribution in [3.8, 4) is 0 Å². The molecular weight excluding hydrogens is 262 g/mol. The molecule has 0 unspecified atom stereocenters. The average molecular weight is 270 g/mol. The summed E-state index contributed by atoms with van der Waals surface area (Å²) in [6.45, 7) is 1.50. The van der Waals surface area contributed by atoms with E-state index in [0.717, 1.165) is 6.07 Å². The summed E-state index contributed by atoms with van der Waals surface area (Å²) in [4.78, 5) is -0.539. The molecule has 0 aliphatic heterocycles. The molecule has 0 saturated carbocycles. The summed E-state index contributed by atoms with van der Waals surface area (Å²) in [5, 5.41) is 4.85. The van der Waals surface area contributed by atoms with Crippen molar-refractivity contribution in [3.63, 3.8) is 0 Å². The minimum Gasteiger partial charge on any atom is -0.225 e. The van der Waals surface area contributed by atoms with Gasteiger partial charge in [-0.3, -0.25) is 0 Å². The molecule has 2 N–H and O–H groups in total. The molecule has 0 bridgehead atoms. The minimum absolute atomic E-state index is 0.254. The van der Waals surface area contributed by atoms with Crippen LogP contribution in [0.25, 0.3) is 0 Å². The molecular formula is C7H8ClNO4S2. The van der Waals surface area contributed by atoms with Gasteiger partial charge in [-0.05, 0) is 24.6 Å². The highest BCUT2D eigenvalue weighted by molar-refractivity contribution is 8.13. The predicted molar refractivity (Wildman–Crippen MR) is 55.6 cm³/mol. The Hall–Kier alpha value is -0.630. The Morgan fingerprint density at radius 3 is 2.13 bits per heavy atom. The number of hydrogen-bond donors (Lipinski definition) is 1. The van der Waals surface area contributed by atoms with Gasteiger partial charge in [-0.2, -0.15) is 0 Å². The van der Waals surface area contributed by atoms with Crippen LogP contribution in [0.2, 0.25) is 0 Å². The lowest BCUT2D eigenvalue weighted by molar-refractivity contribution is 0.597. The fourth-order valence-corrected chi connectivity index (χ4v) is 2.85. The summed E-state index contributed by atoms with van der Waals surface area (Å²) in [6, 6.07) is 3.48. The fourth-order valence-electron chi connectivity index (χ4n) is 1.02. The zero-order valence-electron chi connectivity index (χ0n) is 7.64. The van der Waals surface area contributed by atoms with E-state index in [1.54, 1.807) is 0 Å². The van der Waals surface area contributed by atoms with Gasteiger partial charge in [0.2, 0.25) is 10.0 Å². The van der Waals surface area contributed by atoms with Gasteiger partial charge in [0.15, 0.2) is 0 Å². The lowest BCUT2D eigenvalue weighted by Gasteiger charge is -2.04. The van der Waals surface area contributed by atoms with Crippen molar-refractivity contribution in [2.45, 2.75) is 16.7 Å². The average Bonchev–Trinajstić information content (AvgIpc) is 2.00. The third-order valence-electron chi connectivity index (χ3n) is 1.75. The molecule has 0 aliphatic rings. The standard InChI is InChI=1S/C7H8ClNO4S2/c1-5-2-3-6(15(9,12)13)4-7(5)14(8,10)11/h2-4H,1H3,(H2,9,12,13). The van der Waals surface area contributed by atoms with Crippen molar-refractivity contribution >= 4 is 29.8 Å². The van der Waals surface area contributed by atoms with E-state index in [1.807, 2.05) is 0 Å². The van der Waals surface area contributed by atoms with Crippen LogP contribution in [0.5, 0.6) is 0 Å². The van der Waals surface area contributed by atoms with E-state index in [9.17, 15) is 16.8 Å². The van der Waals surface area contributed by atoms with Gasteiger partial charge < -0.3 is 0 Å². The summed E-state index contributed by atoms with van der Waals surface area (Å²) in [5.41, 5.74) is 0.359. The Morgan fingerprint density at radius 1 is 1.20 bits per heavy atom. The first-order valence-corrected chi connectivity index (χ1v) is 7.56. The molecule has 1 rings (SSSR count). The van der Waals surface area contributed by atoms with Gasteiger partial charge in [0, 0.05) is 10.7 Å². The van der Waals surface area contributed by atoms with Crippen LogP contribution >= 0.6 is 10.7 Å². The maximum Gasteiger partial charge on any atom is 0.261 e. The number of primary sulfonamides is 1. The van der Waals surface area contributed by atoms with Crippen LogP contribution in [0.4, 0.5) is 0 Å². The van der Waals surface area contributed by atoms with Gasteiger partial charge in [0.05, 0.1) is 9.79 Å². The van der Waals surface area contributed by atoms with E-state index in [0.29, 0.717) is 5.56 Å². The Kier molecular flexibility index (Phi) is 3.11. The zero-order valence-corrected chi connectivity index (χ0v) is 10.0. The van der Waals surface area contributed by atoms with Gasteiger partial charge in [-0.25, -0.2) is 22.0 Å². The SMILES string of the molecule is Cc1ccc(S(N)(=O)=O)cc1S(=O)(=O)Cl. The highest BCUT2D eigenvalue weighted by Gasteiger charge is 2.17. The third kappa shape index (κ3) is 2.91. The minimum atomic E-state index is -3.96. The van der Waals surface area contributed by atoms with Crippen molar-refractivity contribution in [3.05, 3.63) is 23.8 Å². The van der Waals surface area contributed by atoms with E-state index in [4.69, 9.17) is 15.8 Å². The van der Waals surface area contributed by atoms with Crippen LogP contribution in [0.1, 0.15) is 5.56 Å². The van der Waals surface area contributed by atoms with Gasteiger partial charge in [-0.1, -0.05) is 6.07 Å². The number of hydrogen-bond acceptors (Lipinski definition) is 4. The molecule has 0 spiro atoms. The molecule has 0 fully saturated rings. The van der Waals surface area contributed by atoms with Gasteiger partial charge in [0.1, 0.15) is 0 Å². The van der Waals surface area contributed by atoms with E-state index in [1.165, 1.54) is 19.1 Å². The van der Waals surface area contributed by atoms with Gasteiger partial charge in [0.25, 0.3) is 9.05 Å². The van der Waals surface area contributed by atoms with E-state index >= 15 is 0 Å². The van der Waals surface area contributed by atoms with Crippen molar-refractivity contribution in [2.75, 3.05) is 0 Å². The molecule has 15 heavy (non-hydrogen) atoms. The maximum atomic E-state index is 11.1. The second kappa shape index (κ2) is 3.75. The Bertz CT molecular complexity index is 591. The number of benzene rings is 1. The van der Waals surface area contributed by atoms with Crippen LogP contribution in [-0.4, -0.2) is 16.8 Å². The summed E-state index contributed by atoms with van der Waals surface area (Å²) < 4.78 is 44.1. The molecule has 0 radical (unpaired) electrons. The largest absolute Gasteiger partial charge is 0.261 e. The molecule has 0 aromatic heterocycles. The Morgan fingerprint density at radius 2 is 1.73 bits per heavy atom. The smallest absolute Gasteiger partial charge is 0.225 e. The van der Waals surface area contributed by atoms with Crippen molar-refractivity contribution in [1.29, 1.82) is 0 Å². The number of rotatable bonds is 2. The van der Waals surface area contributed by atoms with Gasteiger partial charge in [-0.15, -0.1) is 0 Å². The zero-order chi connectivity index (χ0) is 11.9. The van der Waals surface area contributed by atoms with Crippen molar-refractivity contribution in [2.24, 2.45) is 5.14 Å². The summed E-state index contributed by atoms with van der Waals surface area (Å²) in [7, 11) is -2.77. The lowest BCUT2D eigenvalue weighted by Crippen LogP contribution is -2.12. The van der Waals surface area contributed by atoms with Crippen LogP contribution in [0.3, 0.4) is 0 Å². The first-order chi connectivity index (χ1) is 6.62. The van der Waals surface area contributed by atoms with Crippen LogP contribution in [0, 0.1) is 6.92 Å². The van der Waals surface area contributed by atoms with E-state index in [-0.39, 0.29) is 9.79 Å². The monoisotopic (exact) mass is 269 g/mol. The highest BCUT2D eigenvalue weighted by atomic mass is 35.7. The molecule has 0 saturated heterocycles. The number of aryl methyl sites for hydroxylation is 1. The molecule has 0 aliphatic carbocycles. The lowest BCUT2D eigenvalue weighted by atomic mass is 10.2. The topological polar surface area (TPSA) is 94.3 Å². The molecule has 1 aromatic carbocycles. The van der Waals surface area contributed by atoms with Gasteiger partial charge >= 0.3 is 0 Å². The predicted octanol–water partition coefficient (Wildman–Crippen LogP) is 0.570. The number of sulfonamides is 1. The first-order valence-electron chi connectivity index (χ1n) is 3.70. The molecule has 5 nitrogen and oxygen atoms in total. The Labute approximate surface area is 92.3 Å². The summed E-state index contributed by atoms with van der Waals surface area (Å²) in [5.74, 6) is 0. The summed E-state index contributed by atoms with van der Waals surface area (Å²) >= 11 is 0. The van der Waals surface area contributed by atoms with E-state index < -0.39 is 19.1 Å². The summed E-state index contributed by atoms with van der Waals surface area (Å²) in [6.07, 6.45) is 0. The van der Waals surface area contributed by atoms with Crippen molar-refractivity contribution in [1.82, 2.24) is 0 Å². The van der Waals surface area contributed by atoms with E-state index in [2.05, 4.69) is 0 Å². The normalized spacial score (nSPS) is 12.7. The van der Waals surface area contributed by atoms with Crippen LogP contribution in [-0.2, 0) is 19.1 Å². The maximum absolute atomic E-state index is 11.1. The fraction of sp³-hybridized carbons (Fsp3) is 0.143. The number of nitrogens with two attached hydrogens (primary N) is 1. The highest BCUT2D eigenvalue weighted by Crippen LogP contribution is 2.22. The quantitative estimate of drug-likeness (QED) is 0.794. The van der Waals surface area contributed by atoms with Crippen LogP contribution < -0.4 is 5.14 Å². The molecule has 0 atom stereocenters. The number of halogens is 1. The molecule has 1 aromatic rings. The third-order valence-corrected chi connectivity index (χ3v) is 4.13. The second-order valence-corrected chi connectivity index (χ2v) is 7.01. The van der Waals surface area contributed by atoms with Crippen LogP contribution in [0.15, 0.2) is 28.0 Å². The molecule has 0 amide bonds. The second-order valence-electron chi connectivity index (χ2n) is 2.91. The molecule has 84 valence electrons. The molecule has 0 heterocycles. The first kappa shape index (κ1) is 12.4. The molecule has 8 heteroatoms. The van der Waals surface area contributed by atoms with Crippen molar-refractivity contribution < 1.29 is 16.8 Å².